The molecule has 3 nitrogen and oxygen atoms in total. The number of aromatic nitrogens is 1. The van der Waals surface area contributed by atoms with E-state index in [9.17, 15) is 0 Å². The Morgan fingerprint density at radius 2 is 2.24 bits per heavy atom. The number of nitrogens with one attached hydrogen (secondary N) is 1. The van der Waals surface area contributed by atoms with Crippen LogP contribution in [0.4, 0.5) is 5.82 Å². The summed E-state index contributed by atoms with van der Waals surface area (Å²) in [5, 5.41) is 3.79. The predicted molar refractivity (Wildman–Crippen MR) is 72.4 cm³/mol. The van der Waals surface area contributed by atoms with E-state index in [0.717, 1.165) is 41.5 Å². The summed E-state index contributed by atoms with van der Waals surface area (Å²) < 4.78 is 0. The van der Waals surface area contributed by atoms with Gasteiger partial charge in [-0.05, 0) is 37.4 Å². The second-order valence-corrected chi connectivity index (χ2v) is 5.45. The summed E-state index contributed by atoms with van der Waals surface area (Å²) in [6.07, 6.45) is 1.36. The van der Waals surface area contributed by atoms with Gasteiger partial charge in [0.15, 0.2) is 0 Å². The molecule has 0 saturated heterocycles. The Bertz CT molecular complexity index is 394. The molecule has 2 unspecified atom stereocenters. The Morgan fingerprint density at radius 1 is 1.53 bits per heavy atom. The van der Waals surface area contributed by atoms with E-state index in [0.29, 0.717) is 0 Å². The molecule has 1 N–H and O–H groups in total. The molecule has 1 aliphatic rings. The molecule has 1 saturated carbocycles. The van der Waals surface area contributed by atoms with Gasteiger partial charge in [0.05, 0.1) is 10.7 Å². The van der Waals surface area contributed by atoms with Crippen LogP contribution in [0.15, 0.2) is 12.1 Å². The normalized spacial score (nSPS) is 22.9. The van der Waals surface area contributed by atoms with Crippen molar-refractivity contribution in [3.8, 4) is 0 Å². The highest BCUT2D eigenvalue weighted by Gasteiger charge is 2.33. The summed E-state index contributed by atoms with van der Waals surface area (Å²) in [6, 6.07) is 3.80. The zero-order valence-electron chi connectivity index (χ0n) is 10.7. The Labute approximate surface area is 108 Å². The minimum Gasteiger partial charge on any atom is -0.373 e. The van der Waals surface area contributed by atoms with Crippen LogP contribution in [-0.2, 0) is 6.54 Å². The summed E-state index contributed by atoms with van der Waals surface area (Å²) in [5.74, 6) is 2.63. The standard InChI is InChI=1S/C13H20ClN3/c1-9-6-10(9)7-17(3)8-12-11(14)4-5-13(15-2)16-12/h4-5,9-10H,6-8H2,1-3H3,(H,15,16). The minimum absolute atomic E-state index is 0.750. The van der Waals surface area contributed by atoms with Crippen molar-refractivity contribution in [2.45, 2.75) is 19.9 Å². The Balaban J connectivity index is 1.96. The molecule has 0 radical (unpaired) electrons. The molecule has 0 aromatic carbocycles. The molecule has 1 aromatic rings. The highest BCUT2D eigenvalue weighted by atomic mass is 35.5. The molecule has 2 atom stereocenters. The first-order valence-corrected chi connectivity index (χ1v) is 6.49. The fourth-order valence-corrected chi connectivity index (χ4v) is 2.27. The number of pyridine rings is 1. The summed E-state index contributed by atoms with van der Waals surface area (Å²) >= 11 is 6.16. The lowest BCUT2D eigenvalue weighted by Crippen LogP contribution is -2.22. The summed E-state index contributed by atoms with van der Waals surface area (Å²) in [6.45, 7) is 4.27. The van der Waals surface area contributed by atoms with Crippen molar-refractivity contribution in [2.24, 2.45) is 11.8 Å². The molecule has 1 aromatic heterocycles. The van der Waals surface area contributed by atoms with E-state index in [1.54, 1.807) is 0 Å². The van der Waals surface area contributed by atoms with Crippen molar-refractivity contribution in [3.63, 3.8) is 0 Å². The summed E-state index contributed by atoms with van der Waals surface area (Å²) in [5.41, 5.74) is 0.953. The maximum atomic E-state index is 6.16. The molecular weight excluding hydrogens is 234 g/mol. The van der Waals surface area contributed by atoms with E-state index in [1.807, 2.05) is 19.2 Å². The second kappa shape index (κ2) is 5.23. The third-order valence-electron chi connectivity index (χ3n) is 3.42. The molecule has 1 heterocycles. The Morgan fingerprint density at radius 3 is 2.82 bits per heavy atom. The average Bonchev–Trinajstić information content (AvgIpc) is 2.97. The number of halogens is 1. The highest BCUT2D eigenvalue weighted by Crippen LogP contribution is 2.38. The van der Waals surface area contributed by atoms with Gasteiger partial charge in [-0.15, -0.1) is 0 Å². The van der Waals surface area contributed by atoms with Gasteiger partial charge in [-0.1, -0.05) is 18.5 Å². The van der Waals surface area contributed by atoms with E-state index in [4.69, 9.17) is 11.6 Å². The number of hydrogen-bond acceptors (Lipinski definition) is 3. The number of anilines is 1. The van der Waals surface area contributed by atoms with Crippen molar-refractivity contribution in [1.29, 1.82) is 0 Å². The summed E-state index contributed by atoms with van der Waals surface area (Å²) in [4.78, 5) is 6.80. The lowest BCUT2D eigenvalue weighted by atomic mass is 10.3. The first kappa shape index (κ1) is 12.7. The molecule has 94 valence electrons. The molecule has 0 spiro atoms. The second-order valence-electron chi connectivity index (χ2n) is 5.04. The van der Waals surface area contributed by atoms with Crippen molar-refractivity contribution in [1.82, 2.24) is 9.88 Å². The Hall–Kier alpha value is -0.800. The van der Waals surface area contributed by atoms with E-state index < -0.39 is 0 Å². The topological polar surface area (TPSA) is 28.2 Å². The first-order valence-electron chi connectivity index (χ1n) is 6.12. The van der Waals surface area contributed by atoms with Gasteiger partial charge in [-0.3, -0.25) is 0 Å². The van der Waals surface area contributed by atoms with E-state index in [-0.39, 0.29) is 0 Å². The molecular formula is C13H20ClN3. The lowest BCUT2D eigenvalue weighted by Gasteiger charge is -2.17. The maximum Gasteiger partial charge on any atom is 0.126 e. The molecule has 0 aliphatic heterocycles. The van der Waals surface area contributed by atoms with E-state index >= 15 is 0 Å². The third kappa shape index (κ3) is 3.33. The fourth-order valence-electron chi connectivity index (χ4n) is 2.11. The fraction of sp³-hybridized carbons (Fsp3) is 0.615. The molecule has 1 fully saturated rings. The van der Waals surface area contributed by atoms with Crippen LogP contribution in [0.25, 0.3) is 0 Å². The van der Waals surface area contributed by atoms with Gasteiger partial charge in [-0.25, -0.2) is 4.98 Å². The van der Waals surface area contributed by atoms with Gasteiger partial charge in [0.1, 0.15) is 5.82 Å². The first-order chi connectivity index (χ1) is 8.10. The van der Waals surface area contributed by atoms with Crippen molar-refractivity contribution in [3.05, 3.63) is 22.8 Å². The molecule has 17 heavy (non-hydrogen) atoms. The summed E-state index contributed by atoms with van der Waals surface area (Å²) in [7, 11) is 4.00. The van der Waals surface area contributed by atoms with Gasteiger partial charge >= 0.3 is 0 Å². The quantitative estimate of drug-likeness (QED) is 0.875. The van der Waals surface area contributed by atoms with Crippen molar-refractivity contribution < 1.29 is 0 Å². The average molecular weight is 254 g/mol. The molecule has 0 amide bonds. The van der Waals surface area contributed by atoms with Crippen molar-refractivity contribution in [2.75, 3.05) is 26.0 Å². The smallest absolute Gasteiger partial charge is 0.126 e. The van der Waals surface area contributed by atoms with Crippen LogP contribution < -0.4 is 5.32 Å². The lowest BCUT2D eigenvalue weighted by molar-refractivity contribution is 0.304. The monoisotopic (exact) mass is 253 g/mol. The van der Waals surface area contributed by atoms with E-state index in [1.165, 1.54) is 6.42 Å². The zero-order chi connectivity index (χ0) is 12.4. The number of hydrogen-bond donors (Lipinski definition) is 1. The van der Waals surface area contributed by atoms with Gasteiger partial charge in [-0.2, -0.15) is 0 Å². The van der Waals surface area contributed by atoms with E-state index in [2.05, 4.69) is 29.2 Å². The van der Waals surface area contributed by atoms with Crippen molar-refractivity contribution >= 4 is 17.4 Å². The largest absolute Gasteiger partial charge is 0.373 e. The maximum absolute atomic E-state index is 6.16. The van der Waals surface area contributed by atoms with Gasteiger partial charge in [0.25, 0.3) is 0 Å². The molecule has 1 aliphatic carbocycles. The number of rotatable bonds is 5. The Kier molecular flexibility index (Phi) is 3.89. The van der Waals surface area contributed by atoms with Crippen LogP contribution in [0.5, 0.6) is 0 Å². The van der Waals surface area contributed by atoms with Gasteiger partial charge < -0.3 is 10.2 Å². The van der Waals surface area contributed by atoms with Gasteiger partial charge in [0.2, 0.25) is 0 Å². The highest BCUT2D eigenvalue weighted by molar-refractivity contribution is 6.31. The van der Waals surface area contributed by atoms with Crippen LogP contribution >= 0.6 is 11.6 Å². The molecule has 2 rings (SSSR count). The molecule has 0 bridgehead atoms. The number of nitrogens with zero attached hydrogens (tertiary/aromatic N) is 2. The van der Waals surface area contributed by atoms with Crippen LogP contribution in [0.3, 0.4) is 0 Å². The van der Waals surface area contributed by atoms with Crippen LogP contribution in [0.2, 0.25) is 5.02 Å². The van der Waals surface area contributed by atoms with Crippen LogP contribution in [0, 0.1) is 11.8 Å². The van der Waals surface area contributed by atoms with Crippen LogP contribution in [-0.4, -0.2) is 30.5 Å². The predicted octanol–water partition coefficient (Wildman–Crippen LogP) is 2.86. The third-order valence-corrected chi connectivity index (χ3v) is 3.76. The molecule has 4 heteroatoms. The minimum atomic E-state index is 0.750. The SMILES string of the molecule is CNc1ccc(Cl)c(CN(C)CC2CC2C)n1. The van der Waals surface area contributed by atoms with Crippen LogP contribution in [0.1, 0.15) is 19.0 Å². The zero-order valence-corrected chi connectivity index (χ0v) is 11.5. The van der Waals surface area contributed by atoms with Gasteiger partial charge in [0, 0.05) is 20.1 Å².